The zero-order valence-electron chi connectivity index (χ0n) is 11.1. The first-order chi connectivity index (χ1) is 10.2. The van der Waals surface area contributed by atoms with Gasteiger partial charge in [0.25, 0.3) is 0 Å². The van der Waals surface area contributed by atoms with Crippen LogP contribution in [0.1, 0.15) is 11.1 Å². The molecule has 0 bridgehead atoms. The smallest absolute Gasteiger partial charge is 0.230 e. The standard InChI is InChI=1S/C16H13FN2O2/c17-14-6-2-1-5-13(14)11-16(21)19-15-10-12(4-3-9-20)7-8-18-15/h1-2,5-8,10,20H,9,11H2,(H,18,19,21). The van der Waals surface area contributed by atoms with Gasteiger partial charge in [-0.2, -0.15) is 0 Å². The molecule has 0 unspecified atom stereocenters. The van der Waals surface area contributed by atoms with Gasteiger partial charge in [-0.3, -0.25) is 4.79 Å². The number of pyridine rings is 1. The van der Waals surface area contributed by atoms with Gasteiger partial charge >= 0.3 is 0 Å². The van der Waals surface area contributed by atoms with Crippen LogP contribution >= 0.6 is 0 Å². The topological polar surface area (TPSA) is 62.2 Å². The summed E-state index contributed by atoms with van der Waals surface area (Å²) in [5, 5.41) is 11.2. The van der Waals surface area contributed by atoms with Crippen LogP contribution in [0.2, 0.25) is 0 Å². The molecule has 2 aromatic rings. The van der Waals surface area contributed by atoms with E-state index in [4.69, 9.17) is 5.11 Å². The number of amides is 1. The Balaban J connectivity index is 2.04. The summed E-state index contributed by atoms with van der Waals surface area (Å²) < 4.78 is 13.5. The van der Waals surface area contributed by atoms with Gasteiger partial charge in [0.15, 0.2) is 0 Å². The summed E-state index contributed by atoms with van der Waals surface area (Å²) in [6, 6.07) is 9.37. The van der Waals surface area contributed by atoms with Gasteiger partial charge in [0.05, 0.1) is 6.42 Å². The zero-order valence-corrected chi connectivity index (χ0v) is 11.1. The molecule has 0 saturated carbocycles. The van der Waals surface area contributed by atoms with Crippen LogP contribution in [-0.2, 0) is 11.2 Å². The number of benzene rings is 1. The number of aliphatic hydroxyl groups excluding tert-OH is 1. The van der Waals surface area contributed by atoms with Gasteiger partial charge in [-0.25, -0.2) is 9.37 Å². The highest BCUT2D eigenvalue weighted by molar-refractivity contribution is 5.91. The molecule has 1 amide bonds. The van der Waals surface area contributed by atoms with Crippen molar-refractivity contribution in [2.75, 3.05) is 11.9 Å². The molecule has 0 radical (unpaired) electrons. The van der Waals surface area contributed by atoms with Crippen LogP contribution in [0.15, 0.2) is 42.6 Å². The summed E-state index contributed by atoms with van der Waals surface area (Å²) in [5.74, 6) is 4.78. The van der Waals surface area contributed by atoms with Crippen molar-refractivity contribution in [1.82, 2.24) is 4.98 Å². The average molecular weight is 284 g/mol. The second kappa shape index (κ2) is 7.17. The van der Waals surface area contributed by atoms with Crippen LogP contribution in [0.3, 0.4) is 0 Å². The summed E-state index contributed by atoms with van der Waals surface area (Å²) in [4.78, 5) is 15.9. The zero-order chi connectivity index (χ0) is 15.1. The molecule has 0 saturated heterocycles. The molecule has 5 heteroatoms. The molecule has 0 aliphatic carbocycles. The largest absolute Gasteiger partial charge is 0.384 e. The first-order valence-electron chi connectivity index (χ1n) is 6.28. The van der Waals surface area contributed by atoms with E-state index in [9.17, 15) is 9.18 Å². The summed E-state index contributed by atoms with van der Waals surface area (Å²) in [5.41, 5.74) is 0.950. The quantitative estimate of drug-likeness (QED) is 0.844. The van der Waals surface area contributed by atoms with Gasteiger partial charge < -0.3 is 10.4 Å². The number of hydrogen-bond donors (Lipinski definition) is 2. The van der Waals surface area contributed by atoms with Crippen LogP contribution in [0, 0.1) is 17.7 Å². The molecule has 1 heterocycles. The van der Waals surface area contributed by atoms with Crippen LogP contribution in [0.4, 0.5) is 10.2 Å². The number of nitrogens with zero attached hydrogens (tertiary/aromatic N) is 1. The van der Waals surface area contributed by atoms with Crippen LogP contribution in [0.25, 0.3) is 0 Å². The predicted molar refractivity (Wildman–Crippen MR) is 76.9 cm³/mol. The van der Waals surface area contributed by atoms with E-state index in [-0.39, 0.29) is 18.9 Å². The van der Waals surface area contributed by atoms with Gasteiger partial charge in [0.1, 0.15) is 18.2 Å². The van der Waals surface area contributed by atoms with E-state index in [0.717, 1.165) is 0 Å². The molecule has 21 heavy (non-hydrogen) atoms. The minimum Gasteiger partial charge on any atom is -0.384 e. The Morgan fingerprint density at radius 2 is 2.14 bits per heavy atom. The molecule has 0 spiro atoms. The molecule has 0 aliphatic heterocycles. The van der Waals surface area contributed by atoms with E-state index in [1.165, 1.54) is 12.3 Å². The van der Waals surface area contributed by atoms with E-state index < -0.39 is 5.82 Å². The number of halogens is 1. The van der Waals surface area contributed by atoms with Crippen LogP contribution in [0.5, 0.6) is 0 Å². The number of aliphatic hydroxyl groups is 1. The number of hydrogen-bond acceptors (Lipinski definition) is 3. The summed E-state index contributed by atoms with van der Waals surface area (Å²) in [6.45, 7) is -0.239. The third-order valence-electron chi connectivity index (χ3n) is 2.65. The van der Waals surface area contributed by atoms with Crippen molar-refractivity contribution in [2.45, 2.75) is 6.42 Å². The number of rotatable bonds is 3. The van der Waals surface area contributed by atoms with Crippen molar-refractivity contribution in [3.63, 3.8) is 0 Å². The van der Waals surface area contributed by atoms with Crippen molar-refractivity contribution in [2.24, 2.45) is 0 Å². The molecule has 0 aliphatic rings. The lowest BCUT2D eigenvalue weighted by Crippen LogP contribution is -2.16. The number of carbonyl (C=O) groups excluding carboxylic acids is 1. The number of anilines is 1. The highest BCUT2D eigenvalue weighted by atomic mass is 19.1. The van der Waals surface area contributed by atoms with E-state index in [2.05, 4.69) is 22.1 Å². The number of nitrogens with one attached hydrogen (secondary N) is 1. The van der Waals surface area contributed by atoms with Gasteiger partial charge in [-0.05, 0) is 23.8 Å². The maximum Gasteiger partial charge on any atom is 0.230 e. The third kappa shape index (κ3) is 4.41. The Bertz CT molecular complexity index is 705. The number of carbonyl (C=O) groups is 1. The van der Waals surface area contributed by atoms with Gasteiger partial charge in [-0.1, -0.05) is 30.0 Å². The van der Waals surface area contributed by atoms with E-state index >= 15 is 0 Å². The molecule has 0 fully saturated rings. The van der Waals surface area contributed by atoms with Gasteiger partial charge in [0.2, 0.25) is 5.91 Å². The molecule has 0 atom stereocenters. The van der Waals surface area contributed by atoms with Crippen molar-refractivity contribution in [1.29, 1.82) is 0 Å². The van der Waals surface area contributed by atoms with Crippen molar-refractivity contribution in [3.05, 3.63) is 59.5 Å². The lowest BCUT2D eigenvalue weighted by Gasteiger charge is -2.05. The van der Waals surface area contributed by atoms with E-state index in [1.807, 2.05) is 0 Å². The fraction of sp³-hybridized carbons (Fsp3) is 0.125. The van der Waals surface area contributed by atoms with E-state index in [0.29, 0.717) is 16.9 Å². The molecule has 4 nitrogen and oxygen atoms in total. The highest BCUT2D eigenvalue weighted by Crippen LogP contribution is 2.10. The first-order valence-corrected chi connectivity index (χ1v) is 6.28. The molecule has 106 valence electrons. The van der Waals surface area contributed by atoms with E-state index in [1.54, 1.807) is 30.3 Å². The fourth-order valence-corrected chi connectivity index (χ4v) is 1.72. The minimum atomic E-state index is -0.414. The Kier molecular flexibility index (Phi) is 5.02. The molecular weight excluding hydrogens is 271 g/mol. The summed E-state index contributed by atoms with van der Waals surface area (Å²) in [7, 11) is 0. The summed E-state index contributed by atoms with van der Waals surface area (Å²) in [6.07, 6.45) is 1.43. The molecule has 2 N–H and O–H groups in total. The maximum absolute atomic E-state index is 13.5. The second-order valence-electron chi connectivity index (χ2n) is 4.21. The molecule has 1 aromatic carbocycles. The Hall–Kier alpha value is -2.71. The van der Waals surface area contributed by atoms with Crippen LogP contribution in [-0.4, -0.2) is 22.6 Å². The Morgan fingerprint density at radius 3 is 2.90 bits per heavy atom. The normalized spacial score (nSPS) is 9.62. The first kappa shape index (κ1) is 14.7. The van der Waals surface area contributed by atoms with Gasteiger partial charge in [-0.15, -0.1) is 0 Å². The lowest BCUT2D eigenvalue weighted by atomic mass is 10.1. The van der Waals surface area contributed by atoms with Crippen molar-refractivity contribution >= 4 is 11.7 Å². The maximum atomic E-state index is 13.5. The number of aromatic nitrogens is 1. The van der Waals surface area contributed by atoms with Crippen LogP contribution < -0.4 is 5.32 Å². The van der Waals surface area contributed by atoms with Crippen molar-refractivity contribution < 1.29 is 14.3 Å². The Morgan fingerprint density at radius 1 is 1.33 bits per heavy atom. The van der Waals surface area contributed by atoms with Crippen molar-refractivity contribution in [3.8, 4) is 11.8 Å². The monoisotopic (exact) mass is 284 g/mol. The lowest BCUT2D eigenvalue weighted by molar-refractivity contribution is -0.115. The Labute approximate surface area is 121 Å². The van der Waals surface area contributed by atoms with Gasteiger partial charge in [0, 0.05) is 11.8 Å². The molecular formula is C16H13FN2O2. The second-order valence-corrected chi connectivity index (χ2v) is 4.21. The average Bonchev–Trinajstić information content (AvgIpc) is 2.48. The SMILES string of the molecule is O=C(Cc1ccccc1F)Nc1cc(C#CCO)ccn1. The fourth-order valence-electron chi connectivity index (χ4n) is 1.72. The predicted octanol–water partition coefficient (Wildman–Crippen LogP) is 1.75. The molecule has 2 rings (SSSR count). The molecule has 1 aromatic heterocycles. The minimum absolute atomic E-state index is 0.0686. The third-order valence-corrected chi connectivity index (χ3v) is 2.65. The summed E-state index contributed by atoms with van der Waals surface area (Å²) >= 11 is 0. The highest BCUT2D eigenvalue weighted by Gasteiger charge is 2.08.